The molecule has 1 aliphatic carbocycles. The van der Waals surface area contributed by atoms with Gasteiger partial charge in [-0.1, -0.05) is 37.3 Å². The average Bonchev–Trinajstić information content (AvgIpc) is 3.07. The molecule has 3 aromatic rings. The van der Waals surface area contributed by atoms with Gasteiger partial charge >= 0.3 is 0 Å². The maximum Gasteiger partial charge on any atom is 0.255 e. The lowest BCUT2D eigenvalue weighted by molar-refractivity contribution is 0.102. The highest BCUT2D eigenvalue weighted by molar-refractivity contribution is 6.10. The van der Waals surface area contributed by atoms with Crippen LogP contribution in [-0.2, 0) is 12.8 Å². The summed E-state index contributed by atoms with van der Waals surface area (Å²) in [7, 11) is 0. The molecular weight excluding hydrogens is 310 g/mol. The Hall–Kier alpha value is -2.81. The van der Waals surface area contributed by atoms with Gasteiger partial charge in [-0.25, -0.2) is 0 Å². The Kier molecular flexibility index (Phi) is 4.14. The van der Waals surface area contributed by atoms with E-state index in [1.54, 1.807) is 6.07 Å². The molecular formula is C22H21NO2. The van der Waals surface area contributed by atoms with Crippen molar-refractivity contribution in [2.24, 2.45) is 0 Å². The molecule has 3 aromatic carbocycles. The fraction of sp³-hybridized carbons (Fsp3) is 0.227. The van der Waals surface area contributed by atoms with Gasteiger partial charge in [0, 0.05) is 16.6 Å². The predicted molar refractivity (Wildman–Crippen MR) is 102 cm³/mol. The molecule has 1 amide bonds. The van der Waals surface area contributed by atoms with Crippen LogP contribution in [0.2, 0.25) is 0 Å². The van der Waals surface area contributed by atoms with E-state index in [1.165, 1.54) is 16.5 Å². The molecule has 126 valence electrons. The Bertz CT molecular complexity index is 936. The molecule has 25 heavy (non-hydrogen) atoms. The summed E-state index contributed by atoms with van der Waals surface area (Å²) in [6.07, 6.45) is 3.11. The molecule has 0 fully saturated rings. The summed E-state index contributed by atoms with van der Waals surface area (Å²) in [6.45, 7) is 2.71. The van der Waals surface area contributed by atoms with Gasteiger partial charge < -0.3 is 10.1 Å². The molecule has 3 heteroatoms. The summed E-state index contributed by atoms with van der Waals surface area (Å²) in [5.41, 5.74) is 4.22. The minimum atomic E-state index is -0.111. The summed E-state index contributed by atoms with van der Waals surface area (Å²) in [5, 5.41) is 5.50. The maximum atomic E-state index is 12.7. The van der Waals surface area contributed by atoms with Crippen LogP contribution in [0.4, 0.5) is 5.69 Å². The molecule has 0 saturated heterocycles. The van der Waals surface area contributed by atoms with Crippen LogP contribution in [0, 0.1) is 0 Å². The van der Waals surface area contributed by atoms with Crippen molar-refractivity contribution < 1.29 is 9.53 Å². The van der Waals surface area contributed by atoms with Gasteiger partial charge in [0.15, 0.2) is 0 Å². The van der Waals surface area contributed by atoms with Gasteiger partial charge in [-0.15, -0.1) is 0 Å². The molecule has 0 unspecified atom stereocenters. The number of rotatable bonds is 5. The zero-order valence-electron chi connectivity index (χ0n) is 14.3. The summed E-state index contributed by atoms with van der Waals surface area (Å²) < 4.78 is 5.63. The van der Waals surface area contributed by atoms with Crippen LogP contribution in [0.5, 0.6) is 5.75 Å². The van der Waals surface area contributed by atoms with Crippen LogP contribution < -0.4 is 10.1 Å². The quantitative estimate of drug-likeness (QED) is 0.716. The molecule has 0 spiro atoms. The highest BCUT2D eigenvalue weighted by Crippen LogP contribution is 2.35. The molecule has 1 aliphatic rings. The van der Waals surface area contributed by atoms with E-state index in [9.17, 15) is 4.79 Å². The first-order valence-electron chi connectivity index (χ1n) is 8.84. The Morgan fingerprint density at radius 3 is 2.68 bits per heavy atom. The number of aryl methyl sites for hydroxylation is 2. The summed E-state index contributed by atoms with van der Waals surface area (Å²) in [4.78, 5) is 12.7. The summed E-state index contributed by atoms with van der Waals surface area (Å²) >= 11 is 0. The number of anilines is 1. The van der Waals surface area contributed by atoms with Crippen LogP contribution in [0.15, 0.2) is 54.6 Å². The van der Waals surface area contributed by atoms with Gasteiger partial charge in [0.25, 0.3) is 5.91 Å². The zero-order valence-corrected chi connectivity index (χ0v) is 14.3. The molecule has 0 atom stereocenters. The fourth-order valence-electron chi connectivity index (χ4n) is 3.50. The Balaban J connectivity index is 1.63. The van der Waals surface area contributed by atoms with Crippen molar-refractivity contribution in [3.63, 3.8) is 0 Å². The van der Waals surface area contributed by atoms with E-state index in [0.29, 0.717) is 12.2 Å². The molecule has 0 saturated carbocycles. The number of carbonyl (C=O) groups is 1. The monoisotopic (exact) mass is 331 g/mol. The van der Waals surface area contributed by atoms with E-state index in [4.69, 9.17) is 4.74 Å². The Labute approximate surface area is 147 Å². The van der Waals surface area contributed by atoms with E-state index < -0.39 is 0 Å². The van der Waals surface area contributed by atoms with Crippen molar-refractivity contribution >= 4 is 22.4 Å². The second-order valence-electron chi connectivity index (χ2n) is 6.44. The number of amides is 1. The molecule has 4 rings (SSSR count). The number of hydrogen-bond acceptors (Lipinski definition) is 2. The van der Waals surface area contributed by atoms with E-state index >= 15 is 0 Å². The van der Waals surface area contributed by atoms with Gasteiger partial charge in [0.1, 0.15) is 5.75 Å². The number of hydrogen-bond donors (Lipinski definition) is 1. The Morgan fingerprint density at radius 2 is 1.84 bits per heavy atom. The van der Waals surface area contributed by atoms with E-state index in [0.717, 1.165) is 36.1 Å². The van der Waals surface area contributed by atoms with E-state index in [2.05, 4.69) is 36.5 Å². The summed E-state index contributed by atoms with van der Waals surface area (Å²) in [6, 6.07) is 17.8. The van der Waals surface area contributed by atoms with Crippen LogP contribution in [0.25, 0.3) is 10.8 Å². The largest absolute Gasteiger partial charge is 0.494 e. The third-order valence-corrected chi connectivity index (χ3v) is 4.69. The topological polar surface area (TPSA) is 38.3 Å². The minimum absolute atomic E-state index is 0.111. The summed E-state index contributed by atoms with van der Waals surface area (Å²) in [5.74, 6) is 0.621. The molecule has 0 bridgehead atoms. The lowest BCUT2D eigenvalue weighted by Gasteiger charge is -2.11. The maximum absolute atomic E-state index is 12.7. The third-order valence-electron chi connectivity index (χ3n) is 4.69. The molecule has 1 N–H and O–H groups in total. The molecule has 0 heterocycles. The lowest BCUT2D eigenvalue weighted by Crippen LogP contribution is -2.12. The number of ether oxygens (including phenoxy) is 1. The SMILES string of the molecule is CCCOc1cccc(C(=O)Nc2ccc3c4c(cccc24)CC3)c1. The lowest BCUT2D eigenvalue weighted by atomic mass is 10.0. The highest BCUT2D eigenvalue weighted by atomic mass is 16.5. The molecule has 0 aliphatic heterocycles. The highest BCUT2D eigenvalue weighted by Gasteiger charge is 2.17. The van der Waals surface area contributed by atoms with Crippen molar-refractivity contribution in [2.45, 2.75) is 26.2 Å². The zero-order chi connectivity index (χ0) is 17.2. The first-order chi connectivity index (χ1) is 12.3. The van der Waals surface area contributed by atoms with E-state index in [-0.39, 0.29) is 5.91 Å². The van der Waals surface area contributed by atoms with Crippen LogP contribution >= 0.6 is 0 Å². The molecule has 0 radical (unpaired) electrons. The van der Waals surface area contributed by atoms with Crippen molar-refractivity contribution in [1.29, 1.82) is 0 Å². The fourth-order valence-corrected chi connectivity index (χ4v) is 3.50. The minimum Gasteiger partial charge on any atom is -0.494 e. The van der Waals surface area contributed by atoms with Crippen LogP contribution in [0.3, 0.4) is 0 Å². The van der Waals surface area contributed by atoms with Crippen molar-refractivity contribution in [3.05, 3.63) is 71.3 Å². The first-order valence-corrected chi connectivity index (χ1v) is 8.84. The van der Waals surface area contributed by atoms with E-state index in [1.807, 2.05) is 24.3 Å². The van der Waals surface area contributed by atoms with Crippen LogP contribution in [0.1, 0.15) is 34.8 Å². The van der Waals surface area contributed by atoms with Crippen LogP contribution in [-0.4, -0.2) is 12.5 Å². The first kappa shape index (κ1) is 15.7. The van der Waals surface area contributed by atoms with Gasteiger partial charge in [-0.05, 0) is 60.0 Å². The number of nitrogens with one attached hydrogen (secondary N) is 1. The number of carbonyl (C=O) groups excluding carboxylic acids is 1. The van der Waals surface area contributed by atoms with Crippen molar-refractivity contribution in [2.75, 3.05) is 11.9 Å². The Morgan fingerprint density at radius 1 is 1.04 bits per heavy atom. The molecule has 0 aromatic heterocycles. The van der Waals surface area contributed by atoms with Crippen molar-refractivity contribution in [1.82, 2.24) is 0 Å². The predicted octanol–water partition coefficient (Wildman–Crippen LogP) is 4.98. The normalized spacial score (nSPS) is 12.4. The standard InChI is InChI=1S/C22H21NO2/c1-2-13-25-18-7-3-6-17(14-18)22(24)23-20-12-11-16-10-9-15-5-4-8-19(20)21(15)16/h3-8,11-12,14H,2,9-10,13H2,1H3,(H,23,24). The van der Waals surface area contributed by atoms with Gasteiger partial charge in [-0.3, -0.25) is 4.79 Å². The molecule has 3 nitrogen and oxygen atoms in total. The number of benzene rings is 3. The second kappa shape index (κ2) is 6.60. The third kappa shape index (κ3) is 2.98. The van der Waals surface area contributed by atoms with Gasteiger partial charge in [0.2, 0.25) is 0 Å². The second-order valence-corrected chi connectivity index (χ2v) is 6.44. The van der Waals surface area contributed by atoms with Gasteiger partial charge in [0.05, 0.1) is 6.61 Å². The smallest absolute Gasteiger partial charge is 0.255 e. The average molecular weight is 331 g/mol. The van der Waals surface area contributed by atoms with Crippen molar-refractivity contribution in [3.8, 4) is 5.75 Å². The van der Waals surface area contributed by atoms with Gasteiger partial charge in [-0.2, -0.15) is 0 Å².